The van der Waals surface area contributed by atoms with Crippen LogP contribution in [0.5, 0.6) is 0 Å². The number of ether oxygens (including phenoxy) is 1. The Labute approximate surface area is 194 Å². The lowest BCUT2D eigenvalue weighted by Crippen LogP contribution is -2.47. The molecule has 1 atom stereocenters. The van der Waals surface area contributed by atoms with Crippen LogP contribution in [-0.4, -0.2) is 23.8 Å². The highest BCUT2D eigenvalue weighted by molar-refractivity contribution is 5.88. The number of esters is 1. The summed E-state index contributed by atoms with van der Waals surface area (Å²) in [4.78, 5) is 37.6. The highest BCUT2D eigenvalue weighted by Crippen LogP contribution is 2.07. The molecule has 3 rings (SSSR count). The number of nitrogens with one attached hydrogen (secondary N) is 2. The monoisotopic (exact) mass is 444 g/mol. The molecule has 0 fully saturated rings. The second-order valence-electron chi connectivity index (χ2n) is 7.67. The van der Waals surface area contributed by atoms with Crippen LogP contribution >= 0.6 is 0 Å². The van der Waals surface area contributed by atoms with Gasteiger partial charge in [0.25, 0.3) is 0 Å². The summed E-state index contributed by atoms with van der Waals surface area (Å²) in [7, 11) is 0. The van der Waals surface area contributed by atoms with E-state index in [0.717, 1.165) is 16.7 Å². The second-order valence-corrected chi connectivity index (χ2v) is 7.67. The summed E-state index contributed by atoms with van der Waals surface area (Å²) in [5, 5.41) is 5.62. The predicted octanol–water partition coefficient (Wildman–Crippen LogP) is 3.55. The average Bonchev–Trinajstić information content (AvgIpc) is 2.85. The van der Waals surface area contributed by atoms with Crippen molar-refractivity contribution in [2.24, 2.45) is 0 Å². The SMILES string of the molecule is O=C(Cc1ccccc1)NC(CCC(=O)OCc1ccccc1)C(=O)NCc1ccccc1. The van der Waals surface area contributed by atoms with Crippen LogP contribution in [0.2, 0.25) is 0 Å². The maximum atomic E-state index is 12.8. The summed E-state index contributed by atoms with van der Waals surface area (Å²) in [6.45, 7) is 0.508. The maximum absolute atomic E-state index is 12.8. The molecule has 1 unspecified atom stereocenters. The molecule has 0 bridgehead atoms. The van der Waals surface area contributed by atoms with Crippen molar-refractivity contribution < 1.29 is 19.1 Å². The van der Waals surface area contributed by atoms with Crippen LogP contribution in [0.4, 0.5) is 0 Å². The molecule has 2 N–H and O–H groups in total. The zero-order valence-electron chi connectivity index (χ0n) is 18.4. The third kappa shape index (κ3) is 8.61. The number of benzene rings is 3. The third-order valence-electron chi connectivity index (χ3n) is 5.05. The summed E-state index contributed by atoms with van der Waals surface area (Å²) >= 11 is 0. The van der Waals surface area contributed by atoms with Gasteiger partial charge in [0.05, 0.1) is 6.42 Å². The van der Waals surface area contributed by atoms with Crippen molar-refractivity contribution >= 4 is 17.8 Å². The Bertz CT molecular complexity index is 1020. The van der Waals surface area contributed by atoms with E-state index in [-0.39, 0.29) is 37.7 Å². The molecule has 6 heteroatoms. The average molecular weight is 445 g/mol. The lowest BCUT2D eigenvalue weighted by atomic mass is 10.1. The molecular formula is C27H28N2O4. The number of hydrogen-bond donors (Lipinski definition) is 2. The minimum atomic E-state index is -0.839. The van der Waals surface area contributed by atoms with Gasteiger partial charge in [-0.15, -0.1) is 0 Å². The number of carbonyl (C=O) groups is 3. The number of hydrogen-bond acceptors (Lipinski definition) is 4. The summed E-state index contributed by atoms with van der Waals surface area (Å²) < 4.78 is 5.30. The number of rotatable bonds is 11. The normalized spacial score (nSPS) is 11.3. The van der Waals surface area contributed by atoms with Crippen LogP contribution in [0.3, 0.4) is 0 Å². The van der Waals surface area contributed by atoms with Crippen molar-refractivity contribution in [1.29, 1.82) is 0 Å². The van der Waals surface area contributed by atoms with E-state index in [0.29, 0.717) is 6.54 Å². The Morgan fingerprint density at radius 2 is 1.27 bits per heavy atom. The molecule has 33 heavy (non-hydrogen) atoms. The molecule has 0 aliphatic rings. The Hall–Kier alpha value is -3.93. The van der Waals surface area contributed by atoms with Gasteiger partial charge >= 0.3 is 5.97 Å². The van der Waals surface area contributed by atoms with Gasteiger partial charge in [-0.2, -0.15) is 0 Å². The first-order valence-corrected chi connectivity index (χ1v) is 10.9. The summed E-state index contributed by atoms with van der Waals surface area (Å²) in [6.07, 6.45) is 0.318. The van der Waals surface area contributed by atoms with Crippen LogP contribution in [0.15, 0.2) is 91.0 Å². The molecule has 0 aliphatic carbocycles. The van der Waals surface area contributed by atoms with E-state index in [9.17, 15) is 14.4 Å². The van der Waals surface area contributed by atoms with Crippen LogP contribution in [0.1, 0.15) is 29.5 Å². The molecule has 6 nitrogen and oxygen atoms in total. The molecule has 2 amide bonds. The van der Waals surface area contributed by atoms with Crippen molar-refractivity contribution in [3.05, 3.63) is 108 Å². The van der Waals surface area contributed by atoms with Crippen molar-refractivity contribution in [3.63, 3.8) is 0 Å². The zero-order chi connectivity index (χ0) is 23.3. The van der Waals surface area contributed by atoms with Gasteiger partial charge in [0, 0.05) is 13.0 Å². The highest BCUT2D eigenvalue weighted by Gasteiger charge is 2.22. The second kappa shape index (κ2) is 12.8. The Morgan fingerprint density at radius 3 is 1.88 bits per heavy atom. The molecule has 0 aromatic heterocycles. The van der Waals surface area contributed by atoms with Crippen molar-refractivity contribution in [2.75, 3.05) is 0 Å². The Kier molecular flexibility index (Phi) is 9.21. The smallest absolute Gasteiger partial charge is 0.306 e. The number of amides is 2. The lowest BCUT2D eigenvalue weighted by Gasteiger charge is -2.18. The van der Waals surface area contributed by atoms with Crippen molar-refractivity contribution in [3.8, 4) is 0 Å². The first-order valence-electron chi connectivity index (χ1n) is 10.9. The number of carbonyl (C=O) groups excluding carboxylic acids is 3. The fraction of sp³-hybridized carbons (Fsp3) is 0.222. The molecule has 3 aromatic rings. The minimum absolute atomic E-state index is 0.0157. The summed E-state index contributed by atoms with van der Waals surface area (Å²) in [5.74, 6) is -1.04. The molecule has 3 aromatic carbocycles. The van der Waals surface area contributed by atoms with E-state index in [1.165, 1.54) is 0 Å². The minimum Gasteiger partial charge on any atom is -0.461 e. The highest BCUT2D eigenvalue weighted by atomic mass is 16.5. The van der Waals surface area contributed by atoms with Crippen molar-refractivity contribution in [1.82, 2.24) is 10.6 Å². The van der Waals surface area contributed by atoms with E-state index in [4.69, 9.17) is 4.74 Å². The largest absolute Gasteiger partial charge is 0.461 e. The summed E-state index contributed by atoms with van der Waals surface area (Å²) in [6, 6.07) is 27.3. The van der Waals surface area contributed by atoms with Gasteiger partial charge in [-0.25, -0.2) is 0 Å². The van der Waals surface area contributed by atoms with Gasteiger partial charge in [-0.1, -0.05) is 91.0 Å². The molecule has 0 saturated heterocycles. The van der Waals surface area contributed by atoms with Gasteiger partial charge in [-0.05, 0) is 23.1 Å². The standard InChI is InChI=1S/C27H28N2O4/c30-25(18-21-10-4-1-5-11-21)29-24(27(32)28-19-22-12-6-2-7-13-22)16-17-26(31)33-20-23-14-8-3-9-15-23/h1-15,24H,16-20H2,(H,28,32)(H,29,30). The first-order chi connectivity index (χ1) is 16.1. The first kappa shape index (κ1) is 23.7. The van der Waals surface area contributed by atoms with Gasteiger partial charge in [0.1, 0.15) is 12.6 Å². The Morgan fingerprint density at radius 1 is 0.727 bits per heavy atom. The van der Waals surface area contributed by atoms with Crippen LogP contribution < -0.4 is 10.6 Å². The van der Waals surface area contributed by atoms with Crippen molar-refractivity contribution in [2.45, 2.75) is 38.5 Å². The molecule has 170 valence electrons. The zero-order valence-corrected chi connectivity index (χ0v) is 18.4. The Balaban J connectivity index is 1.55. The molecule has 0 heterocycles. The van der Waals surface area contributed by atoms with Gasteiger partial charge in [-0.3, -0.25) is 14.4 Å². The van der Waals surface area contributed by atoms with E-state index in [2.05, 4.69) is 10.6 Å². The van der Waals surface area contributed by atoms with E-state index in [1.54, 1.807) is 0 Å². The quantitative estimate of drug-likeness (QED) is 0.443. The van der Waals surface area contributed by atoms with Gasteiger partial charge < -0.3 is 15.4 Å². The molecule has 0 radical (unpaired) electrons. The molecule has 0 spiro atoms. The topological polar surface area (TPSA) is 84.5 Å². The van der Waals surface area contributed by atoms with Gasteiger partial charge in [0.15, 0.2) is 0 Å². The summed E-state index contributed by atoms with van der Waals surface area (Å²) in [5.41, 5.74) is 2.68. The predicted molar refractivity (Wildman–Crippen MR) is 126 cm³/mol. The van der Waals surface area contributed by atoms with Crippen LogP contribution in [0, 0.1) is 0 Å². The fourth-order valence-corrected chi connectivity index (χ4v) is 3.28. The molecule has 0 aliphatic heterocycles. The van der Waals surface area contributed by atoms with Crippen LogP contribution in [0.25, 0.3) is 0 Å². The van der Waals surface area contributed by atoms with Crippen LogP contribution in [-0.2, 0) is 38.7 Å². The lowest BCUT2D eigenvalue weighted by molar-refractivity contribution is -0.145. The van der Waals surface area contributed by atoms with E-state index in [1.807, 2.05) is 91.0 Å². The maximum Gasteiger partial charge on any atom is 0.306 e. The molecular weight excluding hydrogens is 416 g/mol. The van der Waals surface area contributed by atoms with Gasteiger partial charge in [0.2, 0.25) is 11.8 Å². The fourth-order valence-electron chi connectivity index (χ4n) is 3.28. The van der Waals surface area contributed by atoms with E-state index >= 15 is 0 Å². The molecule has 0 saturated carbocycles. The van der Waals surface area contributed by atoms with E-state index < -0.39 is 12.0 Å². The third-order valence-corrected chi connectivity index (χ3v) is 5.05.